The van der Waals surface area contributed by atoms with Crippen LogP contribution in [0.1, 0.15) is 10.5 Å². The van der Waals surface area contributed by atoms with Gasteiger partial charge in [0, 0.05) is 6.20 Å². The van der Waals surface area contributed by atoms with Gasteiger partial charge in [-0.2, -0.15) is 0 Å². The molecule has 0 aromatic carbocycles. The van der Waals surface area contributed by atoms with Gasteiger partial charge in [-0.3, -0.25) is 9.59 Å². The number of aromatic nitrogens is 1. The number of nitrogens with two attached hydrogens (primary N) is 1. The molecule has 0 fully saturated rings. The van der Waals surface area contributed by atoms with E-state index in [0.717, 1.165) is 0 Å². The van der Waals surface area contributed by atoms with Gasteiger partial charge in [-0.15, -0.1) is 0 Å². The van der Waals surface area contributed by atoms with Gasteiger partial charge in [0.2, 0.25) is 0 Å². The molecule has 1 aromatic heterocycles. The minimum atomic E-state index is -1.12. The SMILES string of the molecule is Nc1cccnc1C(=O)NCC(=O)O. The largest absolute Gasteiger partial charge is 0.480 e. The highest BCUT2D eigenvalue weighted by atomic mass is 16.4. The predicted octanol–water partition coefficient (Wildman–Crippen LogP) is -0.522. The van der Waals surface area contributed by atoms with Gasteiger partial charge < -0.3 is 16.2 Å². The van der Waals surface area contributed by atoms with E-state index >= 15 is 0 Å². The van der Waals surface area contributed by atoms with E-state index in [1.54, 1.807) is 6.07 Å². The standard InChI is InChI=1S/C8H9N3O3/c9-5-2-1-3-10-7(5)8(14)11-4-6(12)13/h1-3H,4,9H2,(H,11,14)(H,12,13). The van der Waals surface area contributed by atoms with E-state index in [1.807, 2.05) is 0 Å². The van der Waals surface area contributed by atoms with E-state index in [1.165, 1.54) is 12.3 Å². The molecule has 6 heteroatoms. The molecule has 1 amide bonds. The summed E-state index contributed by atoms with van der Waals surface area (Å²) in [5.41, 5.74) is 5.71. The van der Waals surface area contributed by atoms with Crippen molar-refractivity contribution in [2.75, 3.05) is 12.3 Å². The lowest BCUT2D eigenvalue weighted by Crippen LogP contribution is -2.30. The molecule has 0 radical (unpaired) electrons. The van der Waals surface area contributed by atoms with Gasteiger partial charge in [-0.05, 0) is 12.1 Å². The number of nitrogens with one attached hydrogen (secondary N) is 1. The number of pyridine rings is 1. The zero-order chi connectivity index (χ0) is 10.6. The van der Waals surface area contributed by atoms with Crippen LogP contribution in [0.4, 0.5) is 5.69 Å². The third-order valence-electron chi connectivity index (χ3n) is 1.45. The van der Waals surface area contributed by atoms with Crippen molar-refractivity contribution in [2.45, 2.75) is 0 Å². The highest BCUT2D eigenvalue weighted by Gasteiger charge is 2.10. The van der Waals surface area contributed by atoms with Gasteiger partial charge in [-0.1, -0.05) is 0 Å². The first-order valence-corrected chi connectivity index (χ1v) is 3.81. The molecular weight excluding hydrogens is 186 g/mol. The van der Waals surface area contributed by atoms with Crippen LogP contribution in [0.15, 0.2) is 18.3 Å². The Balaban J connectivity index is 2.70. The average Bonchev–Trinajstić information content (AvgIpc) is 2.15. The number of nitrogens with zero attached hydrogens (tertiary/aromatic N) is 1. The first-order chi connectivity index (χ1) is 6.61. The maximum absolute atomic E-state index is 11.3. The average molecular weight is 195 g/mol. The second-order valence-corrected chi connectivity index (χ2v) is 2.52. The molecule has 0 aliphatic rings. The Labute approximate surface area is 79.8 Å². The van der Waals surface area contributed by atoms with Gasteiger partial charge in [0.1, 0.15) is 6.54 Å². The molecule has 1 aromatic rings. The van der Waals surface area contributed by atoms with Gasteiger partial charge in [0.25, 0.3) is 5.91 Å². The van der Waals surface area contributed by atoms with Crippen LogP contribution >= 0.6 is 0 Å². The second kappa shape index (κ2) is 4.22. The summed E-state index contributed by atoms with van der Waals surface area (Å²) < 4.78 is 0. The Morgan fingerprint density at radius 2 is 2.29 bits per heavy atom. The van der Waals surface area contributed by atoms with Crippen molar-refractivity contribution in [3.05, 3.63) is 24.0 Å². The zero-order valence-electron chi connectivity index (χ0n) is 7.23. The predicted molar refractivity (Wildman–Crippen MR) is 48.6 cm³/mol. The lowest BCUT2D eigenvalue weighted by Gasteiger charge is -2.03. The lowest BCUT2D eigenvalue weighted by molar-refractivity contribution is -0.135. The van der Waals surface area contributed by atoms with E-state index in [9.17, 15) is 9.59 Å². The maximum atomic E-state index is 11.3. The summed E-state index contributed by atoms with van der Waals surface area (Å²) in [6.45, 7) is -0.450. The molecule has 74 valence electrons. The van der Waals surface area contributed by atoms with E-state index < -0.39 is 18.4 Å². The van der Waals surface area contributed by atoms with Crippen LogP contribution in [0.5, 0.6) is 0 Å². The van der Waals surface area contributed by atoms with Crippen molar-refractivity contribution in [2.24, 2.45) is 0 Å². The van der Waals surface area contributed by atoms with Crippen LogP contribution in [0, 0.1) is 0 Å². The number of hydrogen-bond acceptors (Lipinski definition) is 4. The van der Waals surface area contributed by atoms with Crippen LogP contribution in [0.2, 0.25) is 0 Å². The number of anilines is 1. The summed E-state index contributed by atoms with van der Waals surface area (Å²) in [6, 6.07) is 3.10. The van der Waals surface area contributed by atoms with Crippen LogP contribution < -0.4 is 11.1 Å². The van der Waals surface area contributed by atoms with Gasteiger partial charge in [-0.25, -0.2) is 4.98 Å². The molecule has 6 nitrogen and oxygen atoms in total. The molecule has 0 saturated heterocycles. The minimum absolute atomic E-state index is 0.0359. The molecule has 4 N–H and O–H groups in total. The number of amides is 1. The van der Waals surface area contributed by atoms with Crippen molar-refractivity contribution < 1.29 is 14.7 Å². The van der Waals surface area contributed by atoms with Crippen molar-refractivity contribution in [3.63, 3.8) is 0 Å². The molecule has 0 bridgehead atoms. The fourth-order valence-corrected chi connectivity index (χ4v) is 0.847. The number of hydrogen-bond donors (Lipinski definition) is 3. The van der Waals surface area contributed by atoms with Crippen molar-refractivity contribution in [1.29, 1.82) is 0 Å². The Hall–Kier alpha value is -2.11. The Morgan fingerprint density at radius 1 is 1.57 bits per heavy atom. The lowest BCUT2D eigenvalue weighted by atomic mass is 10.3. The molecule has 0 saturated carbocycles. The Kier molecular flexibility index (Phi) is 3.01. The second-order valence-electron chi connectivity index (χ2n) is 2.52. The molecule has 0 spiro atoms. The number of rotatable bonds is 3. The van der Waals surface area contributed by atoms with Crippen LogP contribution in [-0.2, 0) is 4.79 Å². The molecule has 0 aliphatic heterocycles. The number of aliphatic carboxylic acids is 1. The molecular formula is C8H9N3O3. The number of carbonyl (C=O) groups excluding carboxylic acids is 1. The summed E-state index contributed by atoms with van der Waals surface area (Å²) in [5, 5.41) is 10.5. The van der Waals surface area contributed by atoms with Crippen molar-refractivity contribution in [1.82, 2.24) is 10.3 Å². The van der Waals surface area contributed by atoms with Gasteiger partial charge in [0.15, 0.2) is 5.69 Å². The van der Waals surface area contributed by atoms with E-state index in [2.05, 4.69) is 10.3 Å². The van der Waals surface area contributed by atoms with E-state index in [0.29, 0.717) is 0 Å². The smallest absolute Gasteiger partial charge is 0.322 e. The zero-order valence-corrected chi connectivity index (χ0v) is 7.23. The first-order valence-electron chi connectivity index (χ1n) is 3.81. The van der Waals surface area contributed by atoms with Crippen molar-refractivity contribution in [3.8, 4) is 0 Å². The monoisotopic (exact) mass is 195 g/mol. The summed E-state index contributed by atoms with van der Waals surface area (Å²) in [4.78, 5) is 25.1. The fourth-order valence-electron chi connectivity index (χ4n) is 0.847. The number of nitrogen functional groups attached to an aromatic ring is 1. The summed E-state index contributed by atoms with van der Waals surface area (Å²) >= 11 is 0. The molecule has 0 aliphatic carbocycles. The number of carboxylic acids is 1. The summed E-state index contributed by atoms with van der Waals surface area (Å²) in [5.74, 6) is -1.71. The molecule has 0 atom stereocenters. The normalized spacial score (nSPS) is 9.43. The Bertz CT molecular complexity index is 365. The molecule has 1 heterocycles. The highest BCUT2D eigenvalue weighted by molar-refractivity contribution is 5.98. The quantitative estimate of drug-likeness (QED) is 0.601. The number of carboxylic acid groups (broad SMARTS) is 1. The summed E-state index contributed by atoms with van der Waals surface area (Å²) in [6.07, 6.45) is 1.41. The van der Waals surface area contributed by atoms with Crippen LogP contribution in [0.25, 0.3) is 0 Å². The highest BCUT2D eigenvalue weighted by Crippen LogP contribution is 2.05. The van der Waals surface area contributed by atoms with E-state index in [-0.39, 0.29) is 11.4 Å². The minimum Gasteiger partial charge on any atom is -0.480 e. The maximum Gasteiger partial charge on any atom is 0.322 e. The van der Waals surface area contributed by atoms with Crippen LogP contribution in [0.3, 0.4) is 0 Å². The fraction of sp³-hybridized carbons (Fsp3) is 0.125. The number of carbonyl (C=O) groups is 2. The van der Waals surface area contributed by atoms with Crippen molar-refractivity contribution >= 4 is 17.6 Å². The third-order valence-corrected chi connectivity index (χ3v) is 1.45. The molecule has 1 rings (SSSR count). The topological polar surface area (TPSA) is 105 Å². The van der Waals surface area contributed by atoms with E-state index in [4.69, 9.17) is 10.8 Å². The first kappa shape index (κ1) is 9.97. The Morgan fingerprint density at radius 3 is 2.86 bits per heavy atom. The molecule has 14 heavy (non-hydrogen) atoms. The molecule has 0 unspecified atom stereocenters. The third kappa shape index (κ3) is 2.44. The van der Waals surface area contributed by atoms with Gasteiger partial charge >= 0.3 is 5.97 Å². The van der Waals surface area contributed by atoms with Gasteiger partial charge in [0.05, 0.1) is 5.69 Å². The van der Waals surface area contributed by atoms with Crippen LogP contribution in [-0.4, -0.2) is 28.5 Å². The summed E-state index contributed by atoms with van der Waals surface area (Å²) in [7, 11) is 0.